The van der Waals surface area contributed by atoms with Crippen LogP contribution in [0.5, 0.6) is 0 Å². The fourth-order valence-corrected chi connectivity index (χ4v) is 5.45. The molecule has 1 saturated carbocycles. The first kappa shape index (κ1) is 30.4. The van der Waals surface area contributed by atoms with Gasteiger partial charge in [-0.2, -0.15) is 8.78 Å². The van der Waals surface area contributed by atoms with Crippen LogP contribution in [0.4, 0.5) is 34.6 Å². The maximum absolute atomic E-state index is 14.7. The molecule has 3 N–H and O–H groups in total. The molecule has 0 unspecified atom stereocenters. The molecular weight excluding hydrogens is 688 g/mol. The summed E-state index contributed by atoms with van der Waals surface area (Å²) in [5.41, 5.74) is -1.24. The van der Waals surface area contributed by atoms with Gasteiger partial charge in [0.2, 0.25) is 5.91 Å². The van der Waals surface area contributed by atoms with Crippen LogP contribution in [-0.4, -0.2) is 28.5 Å². The first-order chi connectivity index (χ1) is 18.7. The van der Waals surface area contributed by atoms with E-state index in [0.29, 0.717) is 21.1 Å². The van der Waals surface area contributed by atoms with Crippen LogP contribution in [0.25, 0.3) is 0 Å². The van der Waals surface area contributed by atoms with E-state index in [-0.39, 0.29) is 16.3 Å². The van der Waals surface area contributed by atoms with Crippen LogP contribution in [0.15, 0.2) is 53.0 Å². The van der Waals surface area contributed by atoms with Gasteiger partial charge in [-0.3, -0.25) is 14.4 Å². The minimum Gasteiger partial charge on any atom is -0.326 e. The highest BCUT2D eigenvalue weighted by Gasteiger charge is 2.67. The summed E-state index contributed by atoms with van der Waals surface area (Å²) in [6, 6.07) is 10.4. The van der Waals surface area contributed by atoms with Crippen LogP contribution in [0.3, 0.4) is 0 Å². The molecule has 1 aliphatic carbocycles. The van der Waals surface area contributed by atoms with Crippen LogP contribution in [0.1, 0.15) is 21.8 Å². The van der Waals surface area contributed by atoms with Gasteiger partial charge in [0.15, 0.2) is 5.82 Å². The van der Waals surface area contributed by atoms with Crippen molar-refractivity contribution in [1.29, 1.82) is 0 Å². The Morgan fingerprint density at radius 3 is 2.23 bits per heavy atom. The minimum atomic E-state index is -3.53. The molecule has 0 radical (unpaired) electrons. The van der Waals surface area contributed by atoms with Crippen LogP contribution in [-0.2, 0) is 9.59 Å². The normalized spacial score (nSPS) is 17.4. The molecule has 1 aliphatic rings. The van der Waals surface area contributed by atoms with Crippen LogP contribution in [0.2, 0.25) is 10.0 Å². The van der Waals surface area contributed by atoms with E-state index >= 15 is 0 Å². The zero-order chi connectivity index (χ0) is 29.5. The number of carbonyl (C=O) groups is 3. The van der Waals surface area contributed by atoms with Gasteiger partial charge in [-0.15, -0.1) is 23.2 Å². The van der Waals surface area contributed by atoms with Gasteiger partial charge in [-0.1, -0.05) is 29.3 Å². The molecule has 0 aliphatic heterocycles. The lowest BCUT2D eigenvalue weighted by Crippen LogP contribution is -2.22. The van der Waals surface area contributed by atoms with Crippen molar-refractivity contribution in [1.82, 2.24) is 0 Å². The molecule has 15 heteroatoms. The molecule has 210 valence electrons. The van der Waals surface area contributed by atoms with E-state index in [9.17, 15) is 31.9 Å². The summed E-state index contributed by atoms with van der Waals surface area (Å²) in [4.78, 5) is 37.1. The van der Waals surface area contributed by atoms with Crippen molar-refractivity contribution in [2.45, 2.75) is 16.7 Å². The molecule has 40 heavy (non-hydrogen) atoms. The number of alkyl halides is 4. The Hall–Kier alpha value is -2.57. The summed E-state index contributed by atoms with van der Waals surface area (Å²) in [5, 5.41) is 6.52. The Kier molecular flexibility index (Phi) is 8.91. The molecule has 0 saturated heterocycles. The summed E-state index contributed by atoms with van der Waals surface area (Å²) < 4.78 is 52.9. The zero-order valence-electron chi connectivity index (χ0n) is 19.5. The summed E-state index contributed by atoms with van der Waals surface area (Å²) in [5.74, 6) is -7.74. The predicted molar refractivity (Wildman–Crippen MR) is 149 cm³/mol. The smallest absolute Gasteiger partial charge is 0.315 e. The van der Waals surface area contributed by atoms with Gasteiger partial charge in [-0.25, -0.2) is 8.78 Å². The molecule has 3 aromatic rings. The maximum Gasteiger partial charge on any atom is 0.315 e. The van der Waals surface area contributed by atoms with Crippen LogP contribution >= 0.6 is 62.3 Å². The number of amides is 3. The second kappa shape index (κ2) is 11.7. The number of hydrogen-bond donors (Lipinski definition) is 3. The van der Waals surface area contributed by atoms with E-state index in [2.05, 4.69) is 26.6 Å². The second-order valence-electron chi connectivity index (χ2n) is 8.52. The first-order valence-electron chi connectivity index (χ1n) is 11.0. The molecule has 3 amide bonds. The second-order valence-corrected chi connectivity index (χ2v) is 11.6. The van der Waals surface area contributed by atoms with Crippen molar-refractivity contribution in [2.75, 3.05) is 16.0 Å². The molecule has 1 fully saturated rings. The van der Waals surface area contributed by atoms with Crippen molar-refractivity contribution < 1.29 is 31.9 Å². The average molecular weight is 702 g/mol. The van der Waals surface area contributed by atoms with Gasteiger partial charge in [0.1, 0.15) is 15.8 Å². The summed E-state index contributed by atoms with van der Waals surface area (Å²) in [7, 11) is 0. The van der Waals surface area contributed by atoms with E-state index in [1.165, 1.54) is 23.5 Å². The number of hydrogen-bond acceptors (Lipinski definition) is 3. The maximum atomic E-state index is 14.7. The van der Waals surface area contributed by atoms with Gasteiger partial charge < -0.3 is 16.0 Å². The molecule has 6 nitrogen and oxygen atoms in total. The summed E-state index contributed by atoms with van der Waals surface area (Å²) in [6.07, 6.45) is -3.53. The predicted octanol–water partition coefficient (Wildman–Crippen LogP) is 8.02. The molecule has 4 rings (SSSR count). The number of rotatable bonds is 7. The largest absolute Gasteiger partial charge is 0.326 e. The number of anilines is 3. The van der Waals surface area contributed by atoms with E-state index < -0.39 is 63.3 Å². The number of carbonyl (C=O) groups excluding carboxylic acids is 3. The van der Waals surface area contributed by atoms with Crippen molar-refractivity contribution in [2.24, 2.45) is 5.92 Å². The quantitative estimate of drug-likeness (QED) is 0.172. The van der Waals surface area contributed by atoms with Crippen molar-refractivity contribution in [3.8, 4) is 0 Å². The SMILES string of the molecule is O=C(Nc1ccc(F)c(NC(=O)C(F)F)c1F)c1cc(NC(=O)[C@H]2[C@H](c3ccc(Cl)c(Br)c3)C2(Cl)Cl)ccc1Cl. The Morgan fingerprint density at radius 1 is 0.900 bits per heavy atom. The molecule has 0 aromatic heterocycles. The summed E-state index contributed by atoms with van der Waals surface area (Å²) in [6.45, 7) is 0. The third-order valence-electron chi connectivity index (χ3n) is 5.90. The molecular formula is C25H14BrCl4F4N3O3. The fraction of sp³-hybridized carbons (Fsp3) is 0.160. The van der Waals surface area contributed by atoms with Crippen molar-refractivity contribution >= 4 is 97.1 Å². The number of nitrogens with one attached hydrogen (secondary N) is 3. The fourth-order valence-electron chi connectivity index (χ4n) is 3.90. The lowest BCUT2D eigenvalue weighted by molar-refractivity contribution is -0.126. The highest BCUT2D eigenvalue weighted by atomic mass is 79.9. The molecule has 0 spiro atoms. The third kappa shape index (κ3) is 6.18. The van der Waals surface area contributed by atoms with E-state index in [4.69, 9.17) is 46.4 Å². The van der Waals surface area contributed by atoms with Gasteiger partial charge in [0, 0.05) is 16.1 Å². The molecule has 0 bridgehead atoms. The van der Waals surface area contributed by atoms with Crippen LogP contribution in [0, 0.1) is 17.6 Å². The molecule has 3 aromatic carbocycles. The molecule has 0 heterocycles. The monoisotopic (exact) mass is 699 g/mol. The third-order valence-corrected chi connectivity index (χ3v) is 8.39. The minimum absolute atomic E-state index is 0.0939. The molecule has 2 atom stereocenters. The van der Waals surface area contributed by atoms with Gasteiger partial charge in [0.05, 0.1) is 27.2 Å². The Labute approximate surface area is 252 Å². The van der Waals surface area contributed by atoms with E-state index in [1.807, 2.05) is 0 Å². The van der Waals surface area contributed by atoms with E-state index in [0.717, 1.165) is 6.07 Å². The Balaban J connectivity index is 1.51. The Morgan fingerprint density at radius 2 is 1.57 bits per heavy atom. The van der Waals surface area contributed by atoms with Gasteiger partial charge >= 0.3 is 6.43 Å². The highest BCUT2D eigenvalue weighted by molar-refractivity contribution is 9.10. The zero-order valence-corrected chi connectivity index (χ0v) is 24.1. The first-order valence-corrected chi connectivity index (χ1v) is 13.3. The number of halogens is 9. The highest BCUT2D eigenvalue weighted by Crippen LogP contribution is 2.65. The van der Waals surface area contributed by atoms with Crippen LogP contribution < -0.4 is 16.0 Å². The lowest BCUT2D eigenvalue weighted by atomic mass is 10.1. The van der Waals surface area contributed by atoms with Gasteiger partial charge in [0.25, 0.3) is 11.8 Å². The Bertz CT molecular complexity index is 1540. The topological polar surface area (TPSA) is 87.3 Å². The van der Waals surface area contributed by atoms with E-state index in [1.54, 1.807) is 18.2 Å². The standard InChI is InChI=1S/C25H14BrCl4F4N3O3/c26-12-7-9(1-3-14(12)28)17-18(25(17,29)30)23(39)35-10-2-4-13(27)11(8-10)22(38)36-16-6-5-15(31)20(19(16)32)37-24(40)21(33)34/h1-8,17-18,21H,(H,35,39)(H,36,38)(H,37,40)/t17-,18+/m0/s1. The van der Waals surface area contributed by atoms with Gasteiger partial charge in [-0.05, 0) is 64.0 Å². The van der Waals surface area contributed by atoms with Crippen molar-refractivity contribution in [3.63, 3.8) is 0 Å². The lowest BCUT2D eigenvalue weighted by Gasteiger charge is -2.13. The average Bonchev–Trinajstić information content (AvgIpc) is 3.47. The summed E-state index contributed by atoms with van der Waals surface area (Å²) >= 11 is 28.2. The number of benzene rings is 3. The van der Waals surface area contributed by atoms with Crippen molar-refractivity contribution in [3.05, 3.63) is 85.8 Å².